The maximum absolute atomic E-state index is 12.0. The zero-order chi connectivity index (χ0) is 12.7. The summed E-state index contributed by atoms with van der Waals surface area (Å²) in [6.45, 7) is 2.04. The van der Waals surface area contributed by atoms with Crippen LogP contribution in [0.5, 0.6) is 0 Å². The molecule has 0 unspecified atom stereocenters. The van der Waals surface area contributed by atoms with E-state index in [0.29, 0.717) is 5.65 Å². The van der Waals surface area contributed by atoms with Crippen molar-refractivity contribution in [3.05, 3.63) is 58.8 Å². The van der Waals surface area contributed by atoms with E-state index in [-0.39, 0.29) is 22.5 Å². The number of nitrogens with one attached hydrogen (secondary N) is 1. The molecule has 4 nitrogen and oxygen atoms in total. The second kappa shape index (κ2) is 5.01. The van der Waals surface area contributed by atoms with Gasteiger partial charge in [-0.25, -0.2) is 4.57 Å². The van der Waals surface area contributed by atoms with Crippen LogP contribution in [0.2, 0.25) is 0 Å². The van der Waals surface area contributed by atoms with Crippen molar-refractivity contribution in [1.82, 2.24) is 9.38 Å². The lowest BCUT2D eigenvalue weighted by Crippen LogP contribution is -3.00. The van der Waals surface area contributed by atoms with Gasteiger partial charge < -0.3 is 22.0 Å². The van der Waals surface area contributed by atoms with Gasteiger partial charge in [-0.15, -0.1) is 0 Å². The van der Waals surface area contributed by atoms with Gasteiger partial charge in [0.05, 0.1) is 12.7 Å². The number of rotatable bonds is 1. The smallest absolute Gasteiger partial charge is 0.352 e. The van der Waals surface area contributed by atoms with Crippen molar-refractivity contribution in [3.63, 3.8) is 0 Å². The van der Waals surface area contributed by atoms with Crippen molar-refractivity contribution in [1.29, 1.82) is 0 Å². The van der Waals surface area contributed by atoms with Crippen LogP contribution in [0.15, 0.2) is 47.7 Å². The van der Waals surface area contributed by atoms with Gasteiger partial charge in [0, 0.05) is 5.56 Å². The third kappa shape index (κ3) is 2.33. The number of imidazole rings is 1. The Morgan fingerprint density at radius 3 is 2.58 bits per heavy atom. The quantitative estimate of drug-likeness (QED) is 0.541. The minimum absolute atomic E-state index is 0. The molecule has 0 aliphatic heterocycles. The summed E-state index contributed by atoms with van der Waals surface area (Å²) in [5.74, 6) is 0. The molecule has 0 saturated carbocycles. The Kier molecular flexibility index (Phi) is 3.57. The van der Waals surface area contributed by atoms with Gasteiger partial charge >= 0.3 is 11.2 Å². The van der Waals surface area contributed by atoms with E-state index in [1.807, 2.05) is 61.2 Å². The Hall–Kier alpha value is -1.88. The van der Waals surface area contributed by atoms with Gasteiger partial charge in [-0.3, -0.25) is 4.79 Å². The third-order valence-electron chi connectivity index (χ3n) is 3.11. The number of fused-ring (bicyclic) bond motifs is 1. The predicted octanol–water partition coefficient (Wildman–Crippen LogP) is -1.57. The van der Waals surface area contributed by atoms with Crippen LogP contribution in [0.4, 0.5) is 0 Å². The van der Waals surface area contributed by atoms with Crippen LogP contribution in [0.3, 0.4) is 0 Å². The predicted molar refractivity (Wildman–Crippen MR) is 69.4 cm³/mol. The van der Waals surface area contributed by atoms with Crippen molar-refractivity contribution in [2.45, 2.75) is 6.92 Å². The lowest BCUT2D eigenvalue weighted by molar-refractivity contribution is -0.645. The number of hydrogen-bond acceptors (Lipinski definition) is 1. The highest BCUT2D eigenvalue weighted by Crippen LogP contribution is 2.15. The van der Waals surface area contributed by atoms with E-state index in [2.05, 4.69) is 4.98 Å². The first-order chi connectivity index (χ1) is 8.65. The van der Waals surface area contributed by atoms with Crippen molar-refractivity contribution >= 4 is 5.65 Å². The normalized spacial score (nSPS) is 10.4. The van der Waals surface area contributed by atoms with Crippen molar-refractivity contribution < 1.29 is 21.5 Å². The Bertz CT molecular complexity index is 771. The Labute approximate surface area is 121 Å². The molecule has 0 saturated heterocycles. The summed E-state index contributed by atoms with van der Waals surface area (Å²) in [7, 11) is 1.86. The fraction of sp³-hybridized carbons (Fsp3) is 0.143. The number of aromatic amines is 1. The van der Waals surface area contributed by atoms with E-state index in [0.717, 1.165) is 11.3 Å². The molecule has 19 heavy (non-hydrogen) atoms. The number of benzene rings is 1. The zero-order valence-electron chi connectivity index (χ0n) is 10.7. The van der Waals surface area contributed by atoms with Gasteiger partial charge in [0.1, 0.15) is 18.6 Å². The maximum Gasteiger partial charge on any atom is 0.352 e. The van der Waals surface area contributed by atoms with E-state index < -0.39 is 0 Å². The SMILES string of the molecule is Cc1ccc(-c2cn3cc[n+](C)c3c(=O)[nH]2)cc1.[Br-]. The lowest BCUT2D eigenvalue weighted by atomic mass is 10.1. The van der Waals surface area contributed by atoms with Gasteiger partial charge in [0.25, 0.3) is 0 Å². The first kappa shape index (κ1) is 13.5. The topological polar surface area (TPSA) is 41.1 Å². The summed E-state index contributed by atoms with van der Waals surface area (Å²) in [5, 5.41) is 0. The van der Waals surface area contributed by atoms with Crippen LogP contribution in [0.1, 0.15) is 5.56 Å². The van der Waals surface area contributed by atoms with Crippen LogP contribution < -0.4 is 27.1 Å². The second-order valence-corrected chi connectivity index (χ2v) is 4.50. The van der Waals surface area contributed by atoms with Gasteiger partial charge in [0.2, 0.25) is 0 Å². The van der Waals surface area contributed by atoms with Crippen LogP contribution in [0, 0.1) is 6.92 Å². The number of nitrogens with zero attached hydrogens (tertiary/aromatic N) is 2. The molecule has 0 fully saturated rings. The van der Waals surface area contributed by atoms with Gasteiger partial charge in [-0.05, 0) is 6.92 Å². The molecule has 3 rings (SSSR count). The van der Waals surface area contributed by atoms with Gasteiger partial charge in [-0.2, -0.15) is 4.40 Å². The van der Waals surface area contributed by atoms with E-state index >= 15 is 0 Å². The fourth-order valence-electron chi connectivity index (χ4n) is 2.11. The molecule has 2 heterocycles. The zero-order valence-corrected chi connectivity index (χ0v) is 12.3. The molecule has 3 aromatic rings. The minimum Gasteiger partial charge on any atom is -1.00 e. The second-order valence-electron chi connectivity index (χ2n) is 4.50. The molecule has 1 aromatic carbocycles. The Morgan fingerprint density at radius 1 is 1.21 bits per heavy atom. The Balaban J connectivity index is 0.00000133. The first-order valence-electron chi connectivity index (χ1n) is 5.82. The van der Waals surface area contributed by atoms with Gasteiger partial charge in [0.15, 0.2) is 0 Å². The maximum atomic E-state index is 12.0. The summed E-state index contributed by atoms with van der Waals surface area (Å²) in [5.41, 5.74) is 3.58. The molecule has 0 atom stereocenters. The average Bonchev–Trinajstić information content (AvgIpc) is 2.72. The van der Waals surface area contributed by atoms with E-state index in [9.17, 15) is 4.79 Å². The lowest BCUT2D eigenvalue weighted by Gasteiger charge is -2.00. The highest BCUT2D eigenvalue weighted by atomic mass is 79.9. The number of H-pyrrole nitrogens is 1. The molecule has 5 heteroatoms. The molecule has 0 aliphatic carbocycles. The Morgan fingerprint density at radius 2 is 1.89 bits per heavy atom. The molecule has 0 amide bonds. The molecular formula is C14H14BrN3O. The molecule has 0 aliphatic rings. The van der Waals surface area contributed by atoms with Crippen molar-refractivity contribution in [2.75, 3.05) is 0 Å². The molecule has 0 spiro atoms. The largest absolute Gasteiger partial charge is 1.00 e. The number of aromatic nitrogens is 3. The number of hydrogen-bond donors (Lipinski definition) is 1. The molecule has 0 bridgehead atoms. The fourth-order valence-corrected chi connectivity index (χ4v) is 2.11. The van der Waals surface area contributed by atoms with E-state index in [1.54, 1.807) is 4.57 Å². The third-order valence-corrected chi connectivity index (χ3v) is 3.11. The summed E-state index contributed by atoms with van der Waals surface area (Å²) in [6, 6.07) is 8.09. The number of aryl methyl sites for hydroxylation is 2. The van der Waals surface area contributed by atoms with Crippen LogP contribution in [-0.2, 0) is 7.05 Å². The van der Waals surface area contributed by atoms with Crippen molar-refractivity contribution in [2.24, 2.45) is 7.05 Å². The van der Waals surface area contributed by atoms with Gasteiger partial charge in [-0.1, -0.05) is 29.8 Å². The molecule has 0 radical (unpaired) electrons. The van der Waals surface area contributed by atoms with Crippen LogP contribution >= 0.6 is 0 Å². The summed E-state index contributed by atoms with van der Waals surface area (Å²) in [6.07, 6.45) is 5.67. The number of halogens is 1. The highest BCUT2D eigenvalue weighted by molar-refractivity contribution is 5.59. The molecule has 2 aromatic heterocycles. The van der Waals surface area contributed by atoms with Crippen LogP contribution in [0.25, 0.3) is 16.9 Å². The summed E-state index contributed by atoms with van der Waals surface area (Å²) >= 11 is 0. The summed E-state index contributed by atoms with van der Waals surface area (Å²) in [4.78, 5) is 14.9. The molecule has 98 valence electrons. The standard InChI is InChI=1S/C14H13N3O.BrH/c1-10-3-5-11(6-4-10)12-9-17-8-7-16(2)14(17)13(18)15-12;/h3-9H,1-2H3;1H. The molecular weight excluding hydrogens is 306 g/mol. The minimum atomic E-state index is -0.0828. The highest BCUT2D eigenvalue weighted by Gasteiger charge is 2.13. The van der Waals surface area contributed by atoms with E-state index in [4.69, 9.17) is 0 Å². The summed E-state index contributed by atoms with van der Waals surface area (Å²) < 4.78 is 3.64. The monoisotopic (exact) mass is 319 g/mol. The van der Waals surface area contributed by atoms with E-state index in [1.165, 1.54) is 5.56 Å². The van der Waals surface area contributed by atoms with Crippen molar-refractivity contribution in [3.8, 4) is 11.3 Å². The average molecular weight is 320 g/mol. The first-order valence-corrected chi connectivity index (χ1v) is 5.82. The molecule has 1 N–H and O–H groups in total. The van der Waals surface area contributed by atoms with Crippen LogP contribution in [-0.4, -0.2) is 9.38 Å².